The Morgan fingerprint density at radius 2 is 1.77 bits per heavy atom. The summed E-state index contributed by atoms with van der Waals surface area (Å²) >= 11 is 0. The lowest BCUT2D eigenvalue weighted by Gasteiger charge is -2.09. The van der Waals surface area contributed by atoms with Gasteiger partial charge in [0, 0.05) is 18.2 Å². The maximum atomic E-state index is 12.7. The van der Waals surface area contributed by atoms with Crippen LogP contribution in [0.1, 0.15) is 11.1 Å². The van der Waals surface area contributed by atoms with E-state index in [1.54, 1.807) is 19.2 Å². The highest BCUT2D eigenvalue weighted by Gasteiger charge is 2.30. The van der Waals surface area contributed by atoms with Crippen molar-refractivity contribution in [2.45, 2.75) is 19.3 Å². The van der Waals surface area contributed by atoms with Crippen LogP contribution in [-0.4, -0.2) is 22.6 Å². The SMILES string of the molecule is COc1ccc(CNC(=O)Cn2cnc(-c3ccc(C(F)(F)F)cc3)cc2=O)cc1. The van der Waals surface area contributed by atoms with Crippen molar-refractivity contribution >= 4 is 5.91 Å². The van der Waals surface area contributed by atoms with Gasteiger partial charge in [0.2, 0.25) is 5.91 Å². The van der Waals surface area contributed by atoms with Crippen molar-refractivity contribution in [2.75, 3.05) is 7.11 Å². The third-order valence-corrected chi connectivity index (χ3v) is 4.35. The zero-order chi connectivity index (χ0) is 21.7. The van der Waals surface area contributed by atoms with Gasteiger partial charge in [-0.3, -0.25) is 14.2 Å². The molecule has 3 rings (SSSR count). The monoisotopic (exact) mass is 417 g/mol. The number of hydrogen-bond acceptors (Lipinski definition) is 4. The molecule has 0 aliphatic rings. The molecule has 0 fully saturated rings. The average molecular weight is 417 g/mol. The van der Waals surface area contributed by atoms with Crippen LogP contribution in [0, 0.1) is 0 Å². The molecule has 0 aliphatic heterocycles. The highest BCUT2D eigenvalue weighted by Crippen LogP contribution is 2.30. The zero-order valence-electron chi connectivity index (χ0n) is 15.9. The Labute approximate surface area is 170 Å². The van der Waals surface area contributed by atoms with Gasteiger partial charge < -0.3 is 10.1 Å². The van der Waals surface area contributed by atoms with E-state index in [4.69, 9.17) is 4.74 Å². The molecule has 0 saturated heterocycles. The fraction of sp³-hybridized carbons (Fsp3) is 0.190. The summed E-state index contributed by atoms with van der Waals surface area (Å²) in [4.78, 5) is 28.5. The van der Waals surface area contributed by atoms with E-state index in [1.807, 2.05) is 12.1 Å². The Bertz CT molecular complexity index is 1080. The quantitative estimate of drug-likeness (QED) is 0.668. The number of aromatic nitrogens is 2. The van der Waals surface area contributed by atoms with Crippen LogP contribution in [0.3, 0.4) is 0 Å². The summed E-state index contributed by atoms with van der Waals surface area (Å²) in [5.41, 5.74) is 0.194. The van der Waals surface area contributed by atoms with E-state index in [2.05, 4.69) is 10.3 Å². The molecule has 6 nitrogen and oxygen atoms in total. The first-order valence-corrected chi connectivity index (χ1v) is 8.90. The number of nitrogens with zero attached hydrogens (tertiary/aromatic N) is 2. The Morgan fingerprint density at radius 1 is 1.10 bits per heavy atom. The summed E-state index contributed by atoms with van der Waals surface area (Å²) in [6.07, 6.45) is -3.24. The lowest BCUT2D eigenvalue weighted by Crippen LogP contribution is -2.31. The first kappa shape index (κ1) is 21.1. The number of nitrogens with one attached hydrogen (secondary N) is 1. The predicted molar refractivity (Wildman–Crippen MR) is 104 cm³/mol. The first-order chi connectivity index (χ1) is 14.3. The van der Waals surface area contributed by atoms with Crippen LogP contribution in [0.15, 0.2) is 65.7 Å². The molecular weight excluding hydrogens is 399 g/mol. The molecule has 0 aliphatic carbocycles. The van der Waals surface area contributed by atoms with Crippen molar-refractivity contribution < 1.29 is 22.7 Å². The Hall–Kier alpha value is -3.62. The van der Waals surface area contributed by atoms with E-state index < -0.39 is 17.3 Å². The highest BCUT2D eigenvalue weighted by molar-refractivity contribution is 5.75. The van der Waals surface area contributed by atoms with Gasteiger partial charge in [0.15, 0.2) is 0 Å². The molecule has 2 aromatic carbocycles. The van der Waals surface area contributed by atoms with Crippen molar-refractivity contribution in [3.63, 3.8) is 0 Å². The summed E-state index contributed by atoms with van der Waals surface area (Å²) in [5.74, 6) is 0.327. The van der Waals surface area contributed by atoms with Gasteiger partial charge in [-0.1, -0.05) is 24.3 Å². The Kier molecular flexibility index (Phi) is 6.20. The van der Waals surface area contributed by atoms with Crippen LogP contribution in [-0.2, 0) is 24.1 Å². The fourth-order valence-corrected chi connectivity index (χ4v) is 2.69. The molecule has 3 aromatic rings. The van der Waals surface area contributed by atoms with E-state index in [0.717, 1.165) is 22.3 Å². The minimum absolute atomic E-state index is 0.226. The number of rotatable bonds is 6. The van der Waals surface area contributed by atoms with Crippen molar-refractivity contribution in [3.05, 3.63) is 82.4 Å². The fourth-order valence-electron chi connectivity index (χ4n) is 2.69. The van der Waals surface area contributed by atoms with Gasteiger partial charge >= 0.3 is 6.18 Å². The van der Waals surface area contributed by atoms with Gasteiger partial charge in [-0.2, -0.15) is 13.2 Å². The largest absolute Gasteiger partial charge is 0.497 e. The average Bonchev–Trinajstić information content (AvgIpc) is 2.73. The standard InChI is InChI=1S/C21H18F3N3O3/c1-30-17-8-2-14(3-9-17)11-25-19(28)12-27-13-26-18(10-20(27)29)15-4-6-16(7-5-15)21(22,23)24/h2-10,13H,11-12H2,1H3,(H,25,28). The normalized spacial score (nSPS) is 11.2. The molecule has 0 atom stereocenters. The maximum absolute atomic E-state index is 12.7. The molecule has 0 spiro atoms. The van der Waals surface area contributed by atoms with Gasteiger partial charge in [-0.15, -0.1) is 0 Å². The van der Waals surface area contributed by atoms with Crippen molar-refractivity contribution in [1.82, 2.24) is 14.9 Å². The molecule has 0 saturated carbocycles. The van der Waals surface area contributed by atoms with Crippen LogP contribution >= 0.6 is 0 Å². The summed E-state index contributed by atoms with van der Waals surface area (Å²) < 4.78 is 44.1. The Morgan fingerprint density at radius 3 is 2.33 bits per heavy atom. The summed E-state index contributed by atoms with van der Waals surface area (Å²) in [5, 5.41) is 2.70. The van der Waals surface area contributed by atoms with E-state index in [1.165, 1.54) is 24.5 Å². The first-order valence-electron chi connectivity index (χ1n) is 8.90. The minimum Gasteiger partial charge on any atom is -0.497 e. The van der Waals surface area contributed by atoms with Gasteiger partial charge in [0.05, 0.1) is 24.7 Å². The molecule has 30 heavy (non-hydrogen) atoms. The van der Waals surface area contributed by atoms with Gasteiger partial charge in [0.1, 0.15) is 12.3 Å². The molecule has 0 unspecified atom stereocenters. The number of alkyl halides is 3. The lowest BCUT2D eigenvalue weighted by atomic mass is 10.1. The van der Waals surface area contributed by atoms with Crippen LogP contribution < -0.4 is 15.6 Å². The number of carbonyl (C=O) groups excluding carboxylic acids is 1. The molecule has 1 heterocycles. The predicted octanol–water partition coefficient (Wildman–Crippen LogP) is 3.25. The second kappa shape index (κ2) is 8.81. The maximum Gasteiger partial charge on any atom is 0.416 e. The van der Waals surface area contributed by atoms with Crippen LogP contribution in [0.5, 0.6) is 5.75 Å². The van der Waals surface area contributed by atoms with E-state index in [-0.39, 0.29) is 24.7 Å². The topological polar surface area (TPSA) is 73.2 Å². The van der Waals surface area contributed by atoms with Crippen molar-refractivity contribution in [2.24, 2.45) is 0 Å². The van der Waals surface area contributed by atoms with Gasteiger partial charge in [-0.25, -0.2) is 4.98 Å². The van der Waals surface area contributed by atoms with Crippen molar-refractivity contribution in [3.8, 4) is 17.0 Å². The number of carbonyl (C=O) groups is 1. The number of halogens is 3. The van der Waals surface area contributed by atoms with E-state index in [0.29, 0.717) is 11.3 Å². The molecule has 0 radical (unpaired) electrons. The zero-order valence-corrected chi connectivity index (χ0v) is 15.9. The molecule has 0 bridgehead atoms. The van der Waals surface area contributed by atoms with Crippen molar-refractivity contribution in [1.29, 1.82) is 0 Å². The lowest BCUT2D eigenvalue weighted by molar-refractivity contribution is -0.137. The molecule has 1 amide bonds. The highest BCUT2D eigenvalue weighted by atomic mass is 19.4. The molecular formula is C21H18F3N3O3. The molecule has 156 valence electrons. The molecule has 1 N–H and O–H groups in total. The molecule has 1 aromatic heterocycles. The van der Waals surface area contributed by atoms with Crippen LogP contribution in [0.2, 0.25) is 0 Å². The third kappa shape index (κ3) is 5.25. The summed E-state index contributed by atoms with van der Waals surface area (Å²) in [6.45, 7) is 0.0594. The molecule has 9 heteroatoms. The van der Waals surface area contributed by atoms with Crippen LogP contribution in [0.4, 0.5) is 13.2 Å². The minimum atomic E-state index is -4.44. The smallest absolute Gasteiger partial charge is 0.416 e. The number of hydrogen-bond donors (Lipinski definition) is 1. The number of methoxy groups -OCH3 is 1. The third-order valence-electron chi connectivity index (χ3n) is 4.35. The summed E-state index contributed by atoms with van der Waals surface area (Å²) in [7, 11) is 1.56. The number of amides is 1. The second-order valence-corrected chi connectivity index (χ2v) is 6.44. The number of ether oxygens (including phenoxy) is 1. The van der Waals surface area contributed by atoms with Crippen LogP contribution in [0.25, 0.3) is 11.3 Å². The second-order valence-electron chi connectivity index (χ2n) is 6.44. The number of benzene rings is 2. The van der Waals surface area contributed by atoms with E-state index in [9.17, 15) is 22.8 Å². The Balaban J connectivity index is 1.63. The van der Waals surface area contributed by atoms with E-state index >= 15 is 0 Å². The van der Waals surface area contributed by atoms with Gasteiger partial charge in [0.25, 0.3) is 5.56 Å². The summed E-state index contributed by atoms with van der Waals surface area (Å²) in [6, 6.07) is 12.7. The van der Waals surface area contributed by atoms with Gasteiger partial charge in [-0.05, 0) is 29.8 Å².